The van der Waals surface area contributed by atoms with Crippen LogP contribution in [0.2, 0.25) is 0 Å². The smallest absolute Gasteiger partial charge is 0.0621 e. The summed E-state index contributed by atoms with van der Waals surface area (Å²) in [4.78, 5) is 1.43. The highest BCUT2D eigenvalue weighted by Gasteiger charge is 1.92. The van der Waals surface area contributed by atoms with Gasteiger partial charge in [-0.15, -0.1) is 11.3 Å². The molecule has 11 heavy (non-hydrogen) atoms. The number of thiophene rings is 1. The lowest BCUT2D eigenvalue weighted by atomic mass is 10.2. The monoisotopic (exact) mass is 165 g/mol. The van der Waals surface area contributed by atoms with Crippen LogP contribution in [-0.4, -0.2) is 0 Å². The number of hydrogen-bond acceptors (Lipinski definition) is 2. The molecular formula is C9H11NS. The van der Waals surface area contributed by atoms with Gasteiger partial charge in [0, 0.05) is 11.3 Å². The second-order valence-corrected chi connectivity index (χ2v) is 3.48. The third-order valence-corrected chi connectivity index (χ3v) is 2.48. The van der Waals surface area contributed by atoms with Gasteiger partial charge in [-0.1, -0.05) is 6.07 Å². The fourth-order valence-electron chi connectivity index (χ4n) is 0.958. The first kappa shape index (κ1) is 8.29. The minimum Gasteiger partial charge on any atom is -0.198 e. The minimum absolute atomic E-state index is 0.700. The Kier molecular flexibility index (Phi) is 3.71. The largest absolute Gasteiger partial charge is 0.198 e. The Morgan fingerprint density at radius 1 is 1.45 bits per heavy atom. The fourth-order valence-corrected chi connectivity index (χ4v) is 1.71. The van der Waals surface area contributed by atoms with Crippen molar-refractivity contribution in [2.75, 3.05) is 0 Å². The molecule has 58 valence electrons. The van der Waals surface area contributed by atoms with Crippen LogP contribution >= 0.6 is 11.3 Å². The maximum absolute atomic E-state index is 8.28. The zero-order valence-electron chi connectivity index (χ0n) is 6.42. The van der Waals surface area contributed by atoms with E-state index < -0.39 is 0 Å². The molecule has 0 bridgehead atoms. The van der Waals surface area contributed by atoms with Crippen molar-refractivity contribution in [1.29, 1.82) is 5.26 Å². The first-order valence-electron chi connectivity index (χ1n) is 3.83. The average Bonchev–Trinajstić information content (AvgIpc) is 2.50. The number of unbranched alkanes of at least 4 members (excludes halogenated alkanes) is 2. The lowest BCUT2D eigenvalue weighted by Gasteiger charge is -1.92. The molecule has 0 aromatic carbocycles. The van der Waals surface area contributed by atoms with Gasteiger partial charge < -0.3 is 0 Å². The van der Waals surface area contributed by atoms with E-state index in [1.165, 1.54) is 4.88 Å². The molecule has 0 atom stereocenters. The zero-order chi connectivity index (χ0) is 7.94. The van der Waals surface area contributed by atoms with E-state index in [0.717, 1.165) is 19.3 Å². The second-order valence-electron chi connectivity index (χ2n) is 2.44. The number of hydrogen-bond donors (Lipinski definition) is 0. The summed E-state index contributed by atoms with van der Waals surface area (Å²) in [5.41, 5.74) is 0. The van der Waals surface area contributed by atoms with Crippen LogP contribution in [0.5, 0.6) is 0 Å². The summed E-state index contributed by atoms with van der Waals surface area (Å²) in [7, 11) is 0. The minimum atomic E-state index is 0.700. The van der Waals surface area contributed by atoms with E-state index in [-0.39, 0.29) is 0 Å². The van der Waals surface area contributed by atoms with Gasteiger partial charge in [0.25, 0.3) is 0 Å². The second kappa shape index (κ2) is 4.92. The molecule has 0 spiro atoms. The topological polar surface area (TPSA) is 23.8 Å². The van der Waals surface area contributed by atoms with Crippen molar-refractivity contribution >= 4 is 11.3 Å². The van der Waals surface area contributed by atoms with Gasteiger partial charge >= 0.3 is 0 Å². The Labute approximate surface area is 71.3 Å². The Balaban J connectivity index is 2.10. The number of nitrogens with zero attached hydrogens (tertiary/aromatic N) is 1. The molecule has 0 saturated carbocycles. The van der Waals surface area contributed by atoms with Crippen molar-refractivity contribution in [2.24, 2.45) is 0 Å². The predicted octanol–water partition coefficient (Wildman–Crippen LogP) is 2.98. The summed E-state index contributed by atoms with van der Waals surface area (Å²) in [6, 6.07) is 6.37. The van der Waals surface area contributed by atoms with Gasteiger partial charge in [0.1, 0.15) is 0 Å². The molecule has 1 aromatic heterocycles. The molecule has 0 aliphatic carbocycles. The van der Waals surface area contributed by atoms with Gasteiger partial charge in [-0.25, -0.2) is 0 Å². The van der Waals surface area contributed by atoms with E-state index in [1.54, 1.807) is 11.3 Å². The summed E-state index contributed by atoms with van der Waals surface area (Å²) in [5.74, 6) is 0. The Hall–Kier alpha value is -0.810. The van der Waals surface area contributed by atoms with Gasteiger partial charge in [0.05, 0.1) is 6.07 Å². The van der Waals surface area contributed by atoms with Crippen LogP contribution in [0, 0.1) is 11.3 Å². The molecule has 1 aromatic rings. The van der Waals surface area contributed by atoms with E-state index in [0.29, 0.717) is 6.42 Å². The highest BCUT2D eigenvalue weighted by molar-refractivity contribution is 7.09. The number of rotatable bonds is 4. The molecule has 0 radical (unpaired) electrons. The summed E-state index contributed by atoms with van der Waals surface area (Å²) < 4.78 is 0. The maximum atomic E-state index is 8.28. The van der Waals surface area contributed by atoms with Crippen molar-refractivity contribution in [1.82, 2.24) is 0 Å². The van der Waals surface area contributed by atoms with E-state index in [2.05, 4.69) is 23.6 Å². The van der Waals surface area contributed by atoms with Crippen LogP contribution in [0.15, 0.2) is 17.5 Å². The summed E-state index contributed by atoms with van der Waals surface area (Å²) >= 11 is 1.80. The SMILES string of the molecule is N#CCCCCc1cccs1. The number of aryl methyl sites for hydroxylation is 1. The Bertz CT molecular complexity index is 220. The van der Waals surface area contributed by atoms with E-state index >= 15 is 0 Å². The molecule has 1 rings (SSSR count). The molecule has 0 aliphatic rings. The van der Waals surface area contributed by atoms with Crippen molar-refractivity contribution in [3.63, 3.8) is 0 Å². The van der Waals surface area contributed by atoms with Crippen molar-refractivity contribution < 1.29 is 0 Å². The maximum Gasteiger partial charge on any atom is 0.0621 e. The molecule has 0 saturated heterocycles. The molecule has 1 nitrogen and oxygen atoms in total. The van der Waals surface area contributed by atoms with Crippen LogP contribution < -0.4 is 0 Å². The summed E-state index contributed by atoms with van der Waals surface area (Å²) in [6.07, 6.45) is 4.02. The quantitative estimate of drug-likeness (QED) is 0.629. The van der Waals surface area contributed by atoms with Gasteiger partial charge in [-0.05, 0) is 30.7 Å². The van der Waals surface area contributed by atoms with Crippen LogP contribution in [0.25, 0.3) is 0 Å². The van der Waals surface area contributed by atoms with Crippen molar-refractivity contribution in [3.8, 4) is 6.07 Å². The first-order chi connectivity index (χ1) is 5.43. The summed E-state index contributed by atoms with van der Waals surface area (Å²) in [5, 5.41) is 10.4. The Morgan fingerprint density at radius 3 is 3.00 bits per heavy atom. The average molecular weight is 165 g/mol. The van der Waals surface area contributed by atoms with Crippen molar-refractivity contribution in [3.05, 3.63) is 22.4 Å². The van der Waals surface area contributed by atoms with Crippen LogP contribution in [0.4, 0.5) is 0 Å². The standard InChI is InChI=1S/C9H11NS/c10-7-3-1-2-5-9-6-4-8-11-9/h4,6,8H,1-3,5H2. The molecular weight excluding hydrogens is 154 g/mol. The van der Waals surface area contributed by atoms with Gasteiger partial charge in [0.2, 0.25) is 0 Å². The molecule has 2 heteroatoms. The van der Waals surface area contributed by atoms with Crippen LogP contribution in [0.3, 0.4) is 0 Å². The predicted molar refractivity (Wildman–Crippen MR) is 47.5 cm³/mol. The molecule has 0 amide bonds. The highest BCUT2D eigenvalue weighted by atomic mass is 32.1. The first-order valence-corrected chi connectivity index (χ1v) is 4.71. The van der Waals surface area contributed by atoms with Gasteiger partial charge in [-0.2, -0.15) is 5.26 Å². The fraction of sp³-hybridized carbons (Fsp3) is 0.444. The van der Waals surface area contributed by atoms with E-state index in [1.807, 2.05) is 0 Å². The number of nitriles is 1. The molecule has 0 unspecified atom stereocenters. The zero-order valence-corrected chi connectivity index (χ0v) is 7.23. The normalized spacial score (nSPS) is 9.36. The van der Waals surface area contributed by atoms with Crippen molar-refractivity contribution in [2.45, 2.75) is 25.7 Å². The van der Waals surface area contributed by atoms with Gasteiger partial charge in [-0.3, -0.25) is 0 Å². The molecule has 0 aliphatic heterocycles. The third-order valence-electron chi connectivity index (χ3n) is 1.54. The summed E-state index contributed by atoms with van der Waals surface area (Å²) in [6.45, 7) is 0. The van der Waals surface area contributed by atoms with Gasteiger partial charge in [0.15, 0.2) is 0 Å². The molecule has 0 N–H and O–H groups in total. The van der Waals surface area contributed by atoms with E-state index in [9.17, 15) is 0 Å². The Morgan fingerprint density at radius 2 is 2.36 bits per heavy atom. The van der Waals surface area contributed by atoms with Crippen LogP contribution in [0.1, 0.15) is 24.1 Å². The highest BCUT2D eigenvalue weighted by Crippen LogP contribution is 2.12. The lowest BCUT2D eigenvalue weighted by Crippen LogP contribution is -1.79. The van der Waals surface area contributed by atoms with E-state index in [4.69, 9.17) is 5.26 Å². The lowest BCUT2D eigenvalue weighted by molar-refractivity contribution is 0.759. The van der Waals surface area contributed by atoms with Crippen LogP contribution in [-0.2, 0) is 6.42 Å². The third kappa shape index (κ3) is 3.20. The molecule has 0 fully saturated rings. The molecule has 1 heterocycles.